The first-order chi connectivity index (χ1) is 11.4. The summed E-state index contributed by atoms with van der Waals surface area (Å²) in [6, 6.07) is 1.13. The zero-order chi connectivity index (χ0) is 18.4. The number of nitrogens with zero attached hydrogens (tertiary/aromatic N) is 2. The Bertz CT molecular complexity index is 349. The van der Waals surface area contributed by atoms with Crippen LogP contribution in [-0.2, 0) is 9.53 Å². The van der Waals surface area contributed by atoms with Gasteiger partial charge in [-0.2, -0.15) is 0 Å². The Morgan fingerprint density at radius 3 is 2.29 bits per heavy atom. The van der Waals surface area contributed by atoms with Crippen LogP contribution in [0.25, 0.3) is 0 Å². The number of ether oxygens (including phenoxy) is 1. The number of hydrogen-bond donors (Lipinski definition) is 2. The van der Waals surface area contributed by atoms with Crippen molar-refractivity contribution in [3.63, 3.8) is 0 Å². The molecule has 0 spiro atoms. The van der Waals surface area contributed by atoms with Crippen LogP contribution in [0.4, 0.5) is 0 Å². The average molecular weight is 343 g/mol. The first kappa shape index (κ1) is 22.7. The molecule has 24 heavy (non-hydrogen) atoms. The third-order valence-corrected chi connectivity index (χ3v) is 3.84. The Morgan fingerprint density at radius 1 is 1.08 bits per heavy atom. The van der Waals surface area contributed by atoms with Crippen molar-refractivity contribution in [1.29, 1.82) is 0 Å². The summed E-state index contributed by atoms with van der Waals surface area (Å²) < 4.78 is 4.64. The zero-order valence-electron chi connectivity index (χ0n) is 16.5. The van der Waals surface area contributed by atoms with E-state index in [9.17, 15) is 4.79 Å². The van der Waals surface area contributed by atoms with Crippen LogP contribution in [0.15, 0.2) is 4.99 Å². The highest BCUT2D eigenvalue weighted by Crippen LogP contribution is 2.05. The van der Waals surface area contributed by atoms with Gasteiger partial charge in [-0.15, -0.1) is 0 Å². The van der Waals surface area contributed by atoms with Gasteiger partial charge in [-0.3, -0.25) is 14.7 Å². The number of unbranched alkanes of at least 4 members (excludes halogenated alkanes) is 1. The Kier molecular flexibility index (Phi) is 13.3. The third kappa shape index (κ3) is 11.3. The molecule has 0 aromatic rings. The fraction of sp³-hybridized carbons (Fsp3) is 0.889. The molecule has 0 atom stereocenters. The SMILES string of the molecule is CCNC(=NCCCN(C(C)C)C(C)C)NCCCCC(=O)OC. The van der Waals surface area contributed by atoms with Gasteiger partial charge < -0.3 is 15.4 Å². The number of carbonyl (C=O) groups excluding carboxylic acids is 1. The van der Waals surface area contributed by atoms with E-state index in [1.54, 1.807) is 0 Å². The summed E-state index contributed by atoms with van der Waals surface area (Å²) >= 11 is 0. The topological polar surface area (TPSA) is 66.0 Å². The minimum Gasteiger partial charge on any atom is -0.469 e. The fourth-order valence-corrected chi connectivity index (χ4v) is 2.60. The number of aliphatic imine (C=N–C) groups is 1. The van der Waals surface area contributed by atoms with Crippen LogP contribution in [0.2, 0.25) is 0 Å². The number of nitrogens with one attached hydrogen (secondary N) is 2. The highest BCUT2D eigenvalue weighted by molar-refractivity contribution is 5.79. The molecule has 0 heterocycles. The largest absolute Gasteiger partial charge is 0.469 e. The summed E-state index contributed by atoms with van der Waals surface area (Å²) in [4.78, 5) is 18.2. The molecule has 0 aliphatic rings. The second kappa shape index (κ2) is 14.1. The molecule has 0 aromatic heterocycles. The highest BCUT2D eigenvalue weighted by atomic mass is 16.5. The van der Waals surface area contributed by atoms with E-state index in [2.05, 4.69) is 59.9 Å². The van der Waals surface area contributed by atoms with E-state index in [0.29, 0.717) is 18.5 Å². The van der Waals surface area contributed by atoms with Crippen molar-refractivity contribution in [1.82, 2.24) is 15.5 Å². The van der Waals surface area contributed by atoms with E-state index in [-0.39, 0.29) is 5.97 Å². The number of carbonyl (C=O) groups is 1. The Balaban J connectivity index is 4.07. The molecule has 6 nitrogen and oxygen atoms in total. The lowest BCUT2D eigenvalue weighted by Crippen LogP contribution is -2.39. The maximum atomic E-state index is 11.1. The fourth-order valence-electron chi connectivity index (χ4n) is 2.60. The Labute approximate surface area is 148 Å². The Morgan fingerprint density at radius 2 is 1.75 bits per heavy atom. The molecule has 6 heteroatoms. The van der Waals surface area contributed by atoms with E-state index in [1.807, 2.05) is 0 Å². The van der Waals surface area contributed by atoms with Gasteiger partial charge in [0.1, 0.15) is 0 Å². The second-order valence-corrected chi connectivity index (χ2v) is 6.50. The maximum Gasteiger partial charge on any atom is 0.305 e. The lowest BCUT2D eigenvalue weighted by atomic mass is 10.2. The van der Waals surface area contributed by atoms with E-state index in [0.717, 1.165) is 51.4 Å². The summed E-state index contributed by atoms with van der Waals surface area (Å²) in [5.74, 6) is 0.714. The number of rotatable bonds is 12. The quantitative estimate of drug-likeness (QED) is 0.247. The molecule has 0 amide bonds. The van der Waals surface area contributed by atoms with Crippen LogP contribution in [0.5, 0.6) is 0 Å². The average Bonchev–Trinajstić information content (AvgIpc) is 2.52. The summed E-state index contributed by atoms with van der Waals surface area (Å²) in [5, 5.41) is 6.58. The van der Waals surface area contributed by atoms with Crippen molar-refractivity contribution in [2.75, 3.05) is 33.3 Å². The molecule has 0 radical (unpaired) electrons. The summed E-state index contributed by atoms with van der Waals surface area (Å²) in [5.41, 5.74) is 0. The lowest BCUT2D eigenvalue weighted by Gasteiger charge is -2.30. The zero-order valence-corrected chi connectivity index (χ0v) is 16.5. The number of esters is 1. The second-order valence-electron chi connectivity index (χ2n) is 6.50. The van der Waals surface area contributed by atoms with Crippen molar-refractivity contribution in [3.8, 4) is 0 Å². The van der Waals surface area contributed by atoms with Gasteiger partial charge >= 0.3 is 5.97 Å². The molecule has 0 fully saturated rings. The van der Waals surface area contributed by atoms with E-state index < -0.39 is 0 Å². The molecule has 142 valence electrons. The van der Waals surface area contributed by atoms with Crippen LogP contribution < -0.4 is 10.6 Å². The highest BCUT2D eigenvalue weighted by Gasteiger charge is 2.12. The van der Waals surface area contributed by atoms with Gasteiger partial charge in [-0.1, -0.05) is 0 Å². The molecular weight excluding hydrogens is 304 g/mol. The normalized spacial score (nSPS) is 12.1. The number of guanidine groups is 1. The lowest BCUT2D eigenvalue weighted by molar-refractivity contribution is -0.140. The van der Waals surface area contributed by atoms with Gasteiger partial charge in [0.25, 0.3) is 0 Å². The molecule has 0 saturated carbocycles. The van der Waals surface area contributed by atoms with Crippen molar-refractivity contribution in [2.45, 2.75) is 72.4 Å². The molecule has 0 aliphatic heterocycles. The number of methoxy groups -OCH3 is 1. The van der Waals surface area contributed by atoms with E-state index in [4.69, 9.17) is 0 Å². The molecule has 0 aromatic carbocycles. The van der Waals surface area contributed by atoms with Crippen molar-refractivity contribution in [2.24, 2.45) is 4.99 Å². The standard InChI is InChI=1S/C18H38N4O2/c1-7-19-18(20-12-9-8-11-17(23)24-6)21-13-10-14-22(15(2)3)16(4)5/h15-16H,7-14H2,1-6H3,(H2,19,20,21). The predicted octanol–water partition coefficient (Wildman–Crippen LogP) is 2.39. The first-order valence-electron chi connectivity index (χ1n) is 9.27. The number of hydrogen-bond acceptors (Lipinski definition) is 4. The van der Waals surface area contributed by atoms with Crippen molar-refractivity contribution in [3.05, 3.63) is 0 Å². The van der Waals surface area contributed by atoms with Crippen LogP contribution in [0.3, 0.4) is 0 Å². The Hall–Kier alpha value is -1.30. The predicted molar refractivity (Wildman–Crippen MR) is 101 cm³/mol. The summed E-state index contributed by atoms with van der Waals surface area (Å²) in [6.45, 7) is 14.6. The summed E-state index contributed by atoms with van der Waals surface area (Å²) in [7, 11) is 1.43. The molecule has 0 saturated heterocycles. The van der Waals surface area contributed by atoms with Crippen LogP contribution in [-0.4, -0.2) is 62.2 Å². The monoisotopic (exact) mass is 342 g/mol. The molecular formula is C18H38N4O2. The van der Waals surface area contributed by atoms with Gasteiger partial charge in [-0.25, -0.2) is 0 Å². The van der Waals surface area contributed by atoms with Gasteiger partial charge in [0, 0.05) is 44.7 Å². The summed E-state index contributed by atoms with van der Waals surface area (Å²) in [6.07, 6.45) is 3.28. The molecule has 0 bridgehead atoms. The van der Waals surface area contributed by atoms with Crippen molar-refractivity contribution < 1.29 is 9.53 Å². The van der Waals surface area contributed by atoms with Gasteiger partial charge in [0.15, 0.2) is 5.96 Å². The molecule has 0 aliphatic carbocycles. The maximum absolute atomic E-state index is 11.1. The molecule has 2 N–H and O–H groups in total. The van der Waals surface area contributed by atoms with E-state index in [1.165, 1.54) is 7.11 Å². The van der Waals surface area contributed by atoms with Gasteiger partial charge in [-0.05, 0) is 53.9 Å². The third-order valence-electron chi connectivity index (χ3n) is 3.84. The first-order valence-corrected chi connectivity index (χ1v) is 9.27. The van der Waals surface area contributed by atoms with Crippen molar-refractivity contribution >= 4 is 11.9 Å². The van der Waals surface area contributed by atoms with Gasteiger partial charge in [0.05, 0.1) is 7.11 Å². The minimum absolute atomic E-state index is 0.143. The van der Waals surface area contributed by atoms with Crippen LogP contribution in [0.1, 0.15) is 60.3 Å². The smallest absolute Gasteiger partial charge is 0.305 e. The van der Waals surface area contributed by atoms with Gasteiger partial charge in [0.2, 0.25) is 0 Å². The minimum atomic E-state index is -0.143. The molecule has 0 unspecified atom stereocenters. The molecule has 0 rings (SSSR count). The van der Waals surface area contributed by atoms with Crippen LogP contribution in [0, 0.1) is 0 Å². The van der Waals surface area contributed by atoms with E-state index >= 15 is 0 Å². The van der Waals surface area contributed by atoms with Crippen LogP contribution >= 0.6 is 0 Å².